The lowest BCUT2D eigenvalue weighted by atomic mass is 9.77. The van der Waals surface area contributed by atoms with E-state index in [2.05, 4.69) is 0 Å². The van der Waals surface area contributed by atoms with Crippen molar-refractivity contribution >= 4 is 22.5 Å². The molecule has 1 spiro atoms. The maximum Gasteiger partial charge on any atom is 0.303 e. The topological polar surface area (TPSA) is 270 Å². The molecule has 0 amide bonds. The van der Waals surface area contributed by atoms with E-state index in [0.717, 1.165) is 0 Å². The number of hydrogen-bond donors (Lipinski definition) is 6. The monoisotopic (exact) mass is 878 g/mol. The van der Waals surface area contributed by atoms with Gasteiger partial charge in [0.15, 0.2) is 30.6 Å². The van der Waals surface area contributed by atoms with Crippen LogP contribution in [-0.2, 0) is 52.2 Å². The number of carbonyl (C=O) groups is 2. The second kappa shape index (κ2) is 14.6. The van der Waals surface area contributed by atoms with Gasteiger partial charge < -0.3 is 87.5 Å². The fourth-order valence-electron chi connectivity index (χ4n) is 10.9. The van der Waals surface area contributed by atoms with E-state index in [0.29, 0.717) is 11.1 Å². The molecular formula is C42H54O20. The number of Topliss-reactive ketones (excluding diaryl/α,β-unsaturated/α-hetero) is 1. The van der Waals surface area contributed by atoms with Crippen molar-refractivity contribution in [3.63, 3.8) is 0 Å². The number of ketones is 1. The Hall–Kier alpha value is -3.32. The highest BCUT2D eigenvalue weighted by Gasteiger charge is 2.94. The van der Waals surface area contributed by atoms with Crippen LogP contribution in [0.4, 0.5) is 0 Å². The van der Waals surface area contributed by atoms with Gasteiger partial charge in [-0.1, -0.05) is 0 Å². The van der Waals surface area contributed by atoms with Crippen LogP contribution >= 0.6 is 0 Å². The minimum atomic E-state index is -2.04. The van der Waals surface area contributed by atoms with Crippen LogP contribution < -0.4 is 9.47 Å². The Bertz CT molecular complexity index is 2150. The number of methoxy groups -OCH3 is 3. The van der Waals surface area contributed by atoms with Gasteiger partial charge in [0.1, 0.15) is 40.7 Å². The summed E-state index contributed by atoms with van der Waals surface area (Å²) in [7, 11) is 4.17. The summed E-state index contributed by atoms with van der Waals surface area (Å²) in [5, 5.41) is 68.3. The molecule has 5 fully saturated rings. The van der Waals surface area contributed by atoms with E-state index >= 15 is 0 Å². The second-order valence-electron chi connectivity index (χ2n) is 17.7. The minimum Gasteiger partial charge on any atom is -0.506 e. The Morgan fingerprint density at radius 2 is 1.71 bits per heavy atom. The van der Waals surface area contributed by atoms with Gasteiger partial charge >= 0.3 is 5.97 Å². The summed E-state index contributed by atoms with van der Waals surface area (Å²) >= 11 is 0. The van der Waals surface area contributed by atoms with Crippen molar-refractivity contribution in [1.82, 2.24) is 0 Å². The van der Waals surface area contributed by atoms with Gasteiger partial charge in [0.2, 0.25) is 11.9 Å². The van der Waals surface area contributed by atoms with Gasteiger partial charge in [-0.05, 0) is 46.2 Å². The number of aromatic hydroxyl groups is 1. The standard InChI is InChI=1S/C42H54O20/c1-15-10-20-27(31(48)29-28(32(20)51-7)22(11-21(45)30(29)47)58-25-13-38(6,49)35(16(2)55-25)57-19(5)44)33-26(15)34-36-41(60-33,39(14-54-39)42(61-34,62-36)37(52-8)53-9)59-24-12-23(46)40(50,17(3)43)18(4)56-24/h10,16-18,21-25,34-37,43,45-46,48-50H,11-14H2,1-9H3. The number of phenols is 1. The molecule has 2 aromatic rings. The lowest BCUT2D eigenvalue weighted by Crippen LogP contribution is -2.72. The lowest BCUT2D eigenvalue weighted by molar-refractivity contribution is -0.390. The van der Waals surface area contributed by atoms with Gasteiger partial charge in [0, 0.05) is 56.9 Å². The van der Waals surface area contributed by atoms with Crippen molar-refractivity contribution in [2.24, 2.45) is 0 Å². The average molecular weight is 879 g/mol. The van der Waals surface area contributed by atoms with Gasteiger partial charge in [-0.25, -0.2) is 0 Å². The van der Waals surface area contributed by atoms with Crippen LogP contribution in [0.15, 0.2) is 6.07 Å². The molecule has 20 heteroatoms. The van der Waals surface area contributed by atoms with Crippen LogP contribution in [0.5, 0.6) is 17.2 Å². The van der Waals surface area contributed by atoms with E-state index in [4.69, 9.17) is 56.8 Å². The molecule has 2 bridgehead atoms. The van der Waals surface area contributed by atoms with E-state index in [1.807, 2.05) is 0 Å². The molecule has 7 aliphatic rings. The van der Waals surface area contributed by atoms with Gasteiger partial charge in [0.25, 0.3) is 11.6 Å². The number of phenolic OH excluding ortho intramolecular Hbond substituents is 1. The molecule has 0 saturated carbocycles. The molecule has 0 aromatic heterocycles. The zero-order valence-corrected chi connectivity index (χ0v) is 35.7. The van der Waals surface area contributed by atoms with Crippen molar-refractivity contribution < 1.29 is 97.1 Å². The molecule has 6 N–H and O–H groups in total. The summed E-state index contributed by atoms with van der Waals surface area (Å²) in [6.07, 6.45) is -15.2. The number of esters is 1. The van der Waals surface area contributed by atoms with E-state index in [-0.39, 0.29) is 59.3 Å². The van der Waals surface area contributed by atoms with Crippen molar-refractivity contribution in [3.05, 3.63) is 28.3 Å². The van der Waals surface area contributed by atoms with E-state index in [1.165, 1.54) is 49.0 Å². The minimum absolute atomic E-state index is 0.00701. The van der Waals surface area contributed by atoms with Crippen molar-refractivity contribution in [1.29, 1.82) is 0 Å². The van der Waals surface area contributed by atoms with Crippen LogP contribution in [0, 0.1) is 6.92 Å². The van der Waals surface area contributed by atoms with Crippen LogP contribution in [0.3, 0.4) is 0 Å². The predicted molar refractivity (Wildman–Crippen MR) is 205 cm³/mol. The Morgan fingerprint density at radius 3 is 2.29 bits per heavy atom. The van der Waals surface area contributed by atoms with E-state index in [9.17, 15) is 40.2 Å². The lowest BCUT2D eigenvalue weighted by Gasteiger charge is -2.52. The molecule has 342 valence electrons. The van der Waals surface area contributed by atoms with Gasteiger partial charge in [-0.2, -0.15) is 0 Å². The Kier molecular flexibility index (Phi) is 10.3. The number of aliphatic hydroxyl groups is 5. The third kappa shape index (κ3) is 5.76. The number of benzene rings is 2. The van der Waals surface area contributed by atoms with Crippen LogP contribution in [0.2, 0.25) is 0 Å². The molecule has 5 saturated heterocycles. The van der Waals surface area contributed by atoms with Crippen LogP contribution in [0.1, 0.15) is 93.1 Å². The molecule has 16 atom stereocenters. The highest BCUT2D eigenvalue weighted by molar-refractivity contribution is 6.13. The average Bonchev–Trinajstić information content (AvgIpc) is 3.86. The smallest absolute Gasteiger partial charge is 0.303 e. The zero-order chi connectivity index (χ0) is 44.8. The summed E-state index contributed by atoms with van der Waals surface area (Å²) < 4.78 is 75.1. The third-order valence-corrected chi connectivity index (χ3v) is 13.9. The Labute approximate surface area is 355 Å². The van der Waals surface area contributed by atoms with E-state index < -0.39 is 120 Å². The summed E-state index contributed by atoms with van der Waals surface area (Å²) in [5.74, 6) is -5.73. The quantitative estimate of drug-likeness (QED) is 0.110. The molecule has 62 heavy (non-hydrogen) atoms. The highest BCUT2D eigenvalue weighted by Crippen LogP contribution is 2.72. The maximum atomic E-state index is 14.1. The van der Waals surface area contributed by atoms with Crippen LogP contribution in [-0.4, -0.2) is 160 Å². The van der Waals surface area contributed by atoms with Crippen molar-refractivity contribution in [3.8, 4) is 17.2 Å². The summed E-state index contributed by atoms with van der Waals surface area (Å²) in [6, 6.07) is 1.72. The summed E-state index contributed by atoms with van der Waals surface area (Å²) in [6.45, 7) is 8.85. The van der Waals surface area contributed by atoms with Crippen molar-refractivity contribution in [2.75, 3.05) is 27.9 Å². The Balaban J connectivity index is 1.18. The SMILES string of the molecule is COc1c2c(c(O)c3c4c(c(C)cc13)C1OC3(C(OC)OC)OC1C(OC1CC(O)C(O)(C(C)O)C(C)O1)(O4)C31CO1)C(=O)C(O)CC2OC1CC(C)(O)C(OC(C)=O)C(C)O1. The molecule has 2 aromatic carbocycles. The molecular weight excluding hydrogens is 824 g/mol. The molecule has 6 heterocycles. The van der Waals surface area contributed by atoms with Crippen LogP contribution in [0.25, 0.3) is 10.8 Å². The summed E-state index contributed by atoms with van der Waals surface area (Å²) in [4.78, 5) is 25.9. The normalized spacial score (nSPS) is 43.4. The molecule has 20 nitrogen and oxygen atoms in total. The molecule has 16 unspecified atom stereocenters. The second-order valence-corrected chi connectivity index (χ2v) is 17.7. The van der Waals surface area contributed by atoms with Gasteiger partial charge in [-0.3, -0.25) is 9.59 Å². The predicted octanol–water partition coefficient (Wildman–Crippen LogP) is 0.952. The first-order chi connectivity index (χ1) is 29.2. The Morgan fingerprint density at radius 1 is 1.02 bits per heavy atom. The molecule has 1 aliphatic carbocycles. The third-order valence-electron chi connectivity index (χ3n) is 13.9. The fraction of sp³-hybridized carbons (Fsp3) is 0.714. The number of carbonyl (C=O) groups excluding carboxylic acids is 2. The maximum absolute atomic E-state index is 14.1. The largest absolute Gasteiger partial charge is 0.506 e. The first kappa shape index (κ1) is 43.9. The number of fused-ring (bicyclic) bond motifs is 8. The highest BCUT2D eigenvalue weighted by atomic mass is 16.9. The number of aliphatic hydroxyl groups excluding tert-OH is 3. The van der Waals surface area contributed by atoms with Crippen molar-refractivity contribution in [2.45, 2.75) is 163 Å². The fourth-order valence-corrected chi connectivity index (χ4v) is 10.9. The van der Waals surface area contributed by atoms with Gasteiger partial charge in [0.05, 0.1) is 55.2 Å². The number of ether oxygens (including phenoxy) is 12. The molecule has 6 aliphatic heterocycles. The number of epoxide rings is 1. The molecule has 9 rings (SSSR count). The first-order valence-electron chi connectivity index (χ1n) is 20.7. The van der Waals surface area contributed by atoms with Gasteiger partial charge in [-0.15, -0.1) is 0 Å². The molecule has 0 radical (unpaired) electrons. The number of hydrogen-bond acceptors (Lipinski definition) is 20. The number of rotatable bonds is 10. The van der Waals surface area contributed by atoms with E-state index in [1.54, 1.807) is 19.9 Å². The first-order valence-corrected chi connectivity index (χ1v) is 20.7. The number of aryl methyl sites for hydroxylation is 1. The zero-order valence-electron chi connectivity index (χ0n) is 35.7. The summed E-state index contributed by atoms with van der Waals surface area (Å²) in [5.41, 5.74) is -4.49.